The molecule has 2 rings (SSSR count). The SMILES string of the molecule is COc1ccc(C(=O)NCCNC(=O)c2ccccc2C)cc1. The summed E-state index contributed by atoms with van der Waals surface area (Å²) in [4.78, 5) is 24.0. The number of methoxy groups -OCH3 is 1. The highest BCUT2D eigenvalue weighted by molar-refractivity contribution is 5.96. The molecule has 5 heteroatoms. The zero-order valence-electron chi connectivity index (χ0n) is 13.3. The fraction of sp³-hybridized carbons (Fsp3) is 0.222. The molecular weight excluding hydrogens is 292 g/mol. The van der Waals surface area contributed by atoms with E-state index >= 15 is 0 Å². The number of hydrogen-bond acceptors (Lipinski definition) is 3. The highest BCUT2D eigenvalue weighted by Gasteiger charge is 2.08. The maximum absolute atomic E-state index is 12.0. The molecule has 0 spiro atoms. The van der Waals surface area contributed by atoms with Crippen LogP contribution in [0.2, 0.25) is 0 Å². The van der Waals surface area contributed by atoms with E-state index in [4.69, 9.17) is 4.74 Å². The molecule has 0 fully saturated rings. The van der Waals surface area contributed by atoms with Crippen LogP contribution in [0.1, 0.15) is 26.3 Å². The van der Waals surface area contributed by atoms with Crippen LogP contribution in [0.4, 0.5) is 0 Å². The molecule has 0 unspecified atom stereocenters. The Morgan fingerprint density at radius 1 is 0.913 bits per heavy atom. The van der Waals surface area contributed by atoms with Crippen LogP contribution in [0.5, 0.6) is 5.75 Å². The lowest BCUT2D eigenvalue weighted by atomic mass is 10.1. The summed E-state index contributed by atoms with van der Waals surface area (Å²) in [5.41, 5.74) is 2.12. The number of nitrogens with one attached hydrogen (secondary N) is 2. The van der Waals surface area contributed by atoms with Crippen LogP contribution >= 0.6 is 0 Å². The number of ether oxygens (including phenoxy) is 1. The van der Waals surface area contributed by atoms with Gasteiger partial charge < -0.3 is 15.4 Å². The number of aryl methyl sites for hydroxylation is 1. The molecule has 5 nitrogen and oxygen atoms in total. The van der Waals surface area contributed by atoms with E-state index in [2.05, 4.69) is 10.6 Å². The van der Waals surface area contributed by atoms with Crippen molar-refractivity contribution < 1.29 is 14.3 Å². The van der Waals surface area contributed by atoms with Gasteiger partial charge in [0.05, 0.1) is 7.11 Å². The molecule has 0 aliphatic rings. The van der Waals surface area contributed by atoms with Gasteiger partial charge in [0.15, 0.2) is 0 Å². The molecule has 2 aromatic carbocycles. The third-order valence-electron chi connectivity index (χ3n) is 3.44. The Morgan fingerprint density at radius 3 is 2.13 bits per heavy atom. The molecule has 0 radical (unpaired) electrons. The molecule has 0 bridgehead atoms. The molecule has 2 amide bonds. The number of amides is 2. The monoisotopic (exact) mass is 312 g/mol. The highest BCUT2D eigenvalue weighted by atomic mass is 16.5. The van der Waals surface area contributed by atoms with Gasteiger partial charge in [0.1, 0.15) is 5.75 Å². The molecule has 0 saturated carbocycles. The van der Waals surface area contributed by atoms with Gasteiger partial charge in [-0.25, -0.2) is 0 Å². The number of rotatable bonds is 6. The lowest BCUT2D eigenvalue weighted by molar-refractivity contribution is 0.0927. The topological polar surface area (TPSA) is 67.4 Å². The summed E-state index contributed by atoms with van der Waals surface area (Å²) in [6, 6.07) is 14.2. The first-order valence-electron chi connectivity index (χ1n) is 7.38. The lowest BCUT2D eigenvalue weighted by Crippen LogP contribution is -2.34. The zero-order chi connectivity index (χ0) is 16.7. The Kier molecular flexibility index (Phi) is 5.74. The van der Waals surface area contributed by atoms with Gasteiger partial charge in [-0.15, -0.1) is 0 Å². The molecule has 0 aromatic heterocycles. The van der Waals surface area contributed by atoms with E-state index in [-0.39, 0.29) is 11.8 Å². The van der Waals surface area contributed by atoms with E-state index in [1.165, 1.54) is 0 Å². The van der Waals surface area contributed by atoms with Gasteiger partial charge in [0, 0.05) is 24.2 Å². The molecule has 120 valence electrons. The molecule has 23 heavy (non-hydrogen) atoms. The molecule has 0 aliphatic carbocycles. The number of carbonyl (C=O) groups excluding carboxylic acids is 2. The maximum atomic E-state index is 12.0. The molecular formula is C18H20N2O3. The highest BCUT2D eigenvalue weighted by Crippen LogP contribution is 2.11. The van der Waals surface area contributed by atoms with E-state index in [0.717, 1.165) is 5.56 Å². The maximum Gasteiger partial charge on any atom is 0.251 e. The zero-order valence-corrected chi connectivity index (χ0v) is 13.3. The Balaban J connectivity index is 1.77. The van der Waals surface area contributed by atoms with Crippen LogP contribution in [0.15, 0.2) is 48.5 Å². The van der Waals surface area contributed by atoms with Crippen molar-refractivity contribution >= 4 is 11.8 Å². The predicted molar refractivity (Wildman–Crippen MR) is 88.8 cm³/mol. The summed E-state index contributed by atoms with van der Waals surface area (Å²) in [6.45, 7) is 2.62. The van der Waals surface area contributed by atoms with Crippen LogP contribution in [0.25, 0.3) is 0 Å². The fourth-order valence-electron chi connectivity index (χ4n) is 2.12. The molecule has 0 aliphatic heterocycles. The van der Waals surface area contributed by atoms with Crippen molar-refractivity contribution in [1.82, 2.24) is 10.6 Å². The van der Waals surface area contributed by atoms with Crippen molar-refractivity contribution in [2.24, 2.45) is 0 Å². The first-order chi connectivity index (χ1) is 11.1. The molecule has 2 aromatic rings. The number of benzene rings is 2. The summed E-state index contributed by atoms with van der Waals surface area (Å²) in [6.07, 6.45) is 0. The average molecular weight is 312 g/mol. The Labute approximate surface area is 135 Å². The van der Waals surface area contributed by atoms with Gasteiger partial charge in [0.25, 0.3) is 11.8 Å². The van der Waals surface area contributed by atoms with Gasteiger partial charge in [0.2, 0.25) is 0 Å². The van der Waals surface area contributed by atoms with E-state index < -0.39 is 0 Å². The molecule has 2 N–H and O–H groups in total. The largest absolute Gasteiger partial charge is 0.497 e. The summed E-state index contributed by atoms with van der Waals surface area (Å²) in [7, 11) is 1.58. The van der Waals surface area contributed by atoms with E-state index in [1.807, 2.05) is 25.1 Å². The number of carbonyl (C=O) groups is 2. The second-order valence-corrected chi connectivity index (χ2v) is 5.06. The van der Waals surface area contributed by atoms with Gasteiger partial charge in [-0.05, 0) is 42.8 Å². The summed E-state index contributed by atoms with van der Waals surface area (Å²) < 4.78 is 5.05. The standard InChI is InChI=1S/C18H20N2O3/c1-13-5-3-4-6-16(13)18(22)20-12-11-19-17(21)14-7-9-15(23-2)10-8-14/h3-10H,11-12H2,1-2H3,(H,19,21)(H,20,22). The second kappa shape index (κ2) is 7.98. The van der Waals surface area contributed by atoms with E-state index in [0.29, 0.717) is 30.0 Å². The Hall–Kier alpha value is -2.82. The van der Waals surface area contributed by atoms with Gasteiger partial charge in [-0.2, -0.15) is 0 Å². The first-order valence-corrected chi connectivity index (χ1v) is 7.38. The van der Waals surface area contributed by atoms with Crippen molar-refractivity contribution in [2.75, 3.05) is 20.2 Å². The normalized spacial score (nSPS) is 10.0. The van der Waals surface area contributed by atoms with Gasteiger partial charge in [-0.1, -0.05) is 18.2 Å². The van der Waals surface area contributed by atoms with Crippen LogP contribution in [-0.2, 0) is 0 Å². The molecule has 0 saturated heterocycles. The summed E-state index contributed by atoms with van der Waals surface area (Å²) in [5.74, 6) is 0.381. The van der Waals surface area contributed by atoms with E-state index in [1.54, 1.807) is 37.4 Å². The van der Waals surface area contributed by atoms with E-state index in [9.17, 15) is 9.59 Å². The van der Waals surface area contributed by atoms with Crippen LogP contribution < -0.4 is 15.4 Å². The second-order valence-electron chi connectivity index (χ2n) is 5.06. The molecule has 0 atom stereocenters. The van der Waals surface area contributed by atoms with Crippen LogP contribution in [-0.4, -0.2) is 32.0 Å². The third kappa shape index (κ3) is 4.57. The smallest absolute Gasteiger partial charge is 0.251 e. The summed E-state index contributed by atoms with van der Waals surface area (Å²) >= 11 is 0. The van der Waals surface area contributed by atoms with Crippen molar-refractivity contribution in [2.45, 2.75) is 6.92 Å². The van der Waals surface area contributed by atoms with Crippen molar-refractivity contribution in [1.29, 1.82) is 0 Å². The Bertz CT molecular complexity index is 681. The fourth-order valence-corrected chi connectivity index (χ4v) is 2.12. The molecule has 0 heterocycles. The lowest BCUT2D eigenvalue weighted by Gasteiger charge is -2.09. The quantitative estimate of drug-likeness (QED) is 0.803. The van der Waals surface area contributed by atoms with Crippen molar-refractivity contribution in [3.8, 4) is 5.75 Å². The first kappa shape index (κ1) is 16.5. The van der Waals surface area contributed by atoms with Crippen molar-refractivity contribution in [3.63, 3.8) is 0 Å². The minimum Gasteiger partial charge on any atom is -0.497 e. The van der Waals surface area contributed by atoms with Crippen LogP contribution in [0.3, 0.4) is 0 Å². The third-order valence-corrected chi connectivity index (χ3v) is 3.44. The number of hydrogen-bond donors (Lipinski definition) is 2. The summed E-state index contributed by atoms with van der Waals surface area (Å²) in [5, 5.41) is 5.55. The Morgan fingerprint density at radius 2 is 1.52 bits per heavy atom. The van der Waals surface area contributed by atoms with Crippen molar-refractivity contribution in [3.05, 3.63) is 65.2 Å². The predicted octanol–water partition coefficient (Wildman–Crippen LogP) is 2.16. The van der Waals surface area contributed by atoms with Gasteiger partial charge >= 0.3 is 0 Å². The minimum absolute atomic E-state index is 0.137. The van der Waals surface area contributed by atoms with Crippen LogP contribution in [0, 0.1) is 6.92 Å². The van der Waals surface area contributed by atoms with Gasteiger partial charge in [-0.3, -0.25) is 9.59 Å². The minimum atomic E-state index is -0.183. The average Bonchev–Trinajstić information content (AvgIpc) is 2.58.